The summed E-state index contributed by atoms with van der Waals surface area (Å²) in [6.45, 7) is 7.10. The van der Waals surface area contributed by atoms with Crippen molar-refractivity contribution in [2.75, 3.05) is 0 Å². The van der Waals surface area contributed by atoms with E-state index in [0.29, 0.717) is 29.1 Å². The smallest absolute Gasteiger partial charge is 0.406 e. The zero-order valence-corrected chi connectivity index (χ0v) is 13.8. The topological polar surface area (TPSA) is 44.1 Å². The second-order valence-corrected chi connectivity index (χ2v) is 5.22. The maximum Gasteiger partial charge on any atom is 0.573 e. The molecule has 1 heterocycles. The van der Waals surface area contributed by atoms with Gasteiger partial charge in [0.1, 0.15) is 11.6 Å². The Morgan fingerprint density at radius 2 is 2.12 bits per heavy atom. The summed E-state index contributed by atoms with van der Waals surface area (Å²) < 4.78 is 42.6. The predicted molar refractivity (Wildman–Crippen MR) is 88.9 cm³/mol. The molecule has 0 aliphatic carbocycles. The van der Waals surface area contributed by atoms with E-state index in [4.69, 9.17) is 0 Å². The van der Waals surface area contributed by atoms with Crippen LogP contribution < -0.4 is 4.74 Å². The number of Topliss-reactive ketones (excluding diaryl/α,β-unsaturated/α-hetero) is 1. The van der Waals surface area contributed by atoms with E-state index in [1.807, 2.05) is 0 Å². The fraction of sp³-hybridized carbons (Fsp3) is 0.222. The molecule has 0 amide bonds. The summed E-state index contributed by atoms with van der Waals surface area (Å²) in [5.41, 5.74) is 1.37. The number of carbonyl (C=O) groups excluding carboxylic acids is 1. The van der Waals surface area contributed by atoms with E-state index in [-0.39, 0.29) is 11.5 Å². The number of benzene rings is 1. The van der Waals surface area contributed by atoms with Gasteiger partial charge >= 0.3 is 6.36 Å². The lowest BCUT2D eigenvalue weighted by Gasteiger charge is -2.09. The third kappa shape index (κ3) is 4.82. The minimum atomic E-state index is -4.75. The first-order valence-corrected chi connectivity index (χ1v) is 7.52. The van der Waals surface area contributed by atoms with Gasteiger partial charge in [0, 0.05) is 30.0 Å². The van der Waals surface area contributed by atoms with Crippen LogP contribution in [0.3, 0.4) is 0 Å². The summed E-state index contributed by atoms with van der Waals surface area (Å²) in [5.74, 6) is 0.200. The van der Waals surface area contributed by atoms with Gasteiger partial charge in [0.2, 0.25) is 0 Å². The molecule has 2 rings (SSSR count). The molecule has 0 atom stereocenters. The zero-order valence-electron chi connectivity index (χ0n) is 13.8. The first kappa shape index (κ1) is 18.5. The number of allylic oxidation sites excluding steroid dienone is 2. The summed E-state index contributed by atoms with van der Waals surface area (Å²) in [6.07, 6.45) is 0.281. The van der Waals surface area contributed by atoms with E-state index >= 15 is 0 Å². The number of rotatable bonds is 6. The number of alkyl halides is 3. The van der Waals surface area contributed by atoms with Crippen molar-refractivity contribution in [1.82, 2.24) is 9.55 Å². The van der Waals surface area contributed by atoms with E-state index in [9.17, 15) is 18.0 Å². The fourth-order valence-electron chi connectivity index (χ4n) is 2.20. The molecule has 2 aromatic rings. The standard InChI is InChI=1S/C18H17F3N2O2/c1-4-13(17(24)5-2)10-23-11-16(22-12(23)3)14-7-6-8-15(9-14)25-18(19,20)21/h4,6-11H,1,5H2,2-3H3/b13-10+. The van der Waals surface area contributed by atoms with Crippen LogP contribution in [0.25, 0.3) is 17.5 Å². The molecule has 1 aromatic heterocycles. The second kappa shape index (κ2) is 7.38. The van der Waals surface area contributed by atoms with Crippen LogP contribution in [-0.4, -0.2) is 21.7 Å². The minimum absolute atomic E-state index is 0.0646. The van der Waals surface area contributed by atoms with E-state index in [1.165, 1.54) is 24.3 Å². The Hall–Kier alpha value is -2.83. The van der Waals surface area contributed by atoms with Crippen LogP contribution in [0.5, 0.6) is 5.75 Å². The SMILES string of the molecule is C=C/C(=C\n1cc(-c2cccc(OC(F)(F)F)c2)nc1C)C(=O)CC. The zero-order chi connectivity index (χ0) is 18.6. The maximum absolute atomic E-state index is 12.3. The van der Waals surface area contributed by atoms with Crippen LogP contribution in [0.1, 0.15) is 19.2 Å². The average molecular weight is 350 g/mol. The number of hydrogen-bond donors (Lipinski definition) is 0. The molecule has 1 aromatic carbocycles. The van der Waals surface area contributed by atoms with Crippen molar-refractivity contribution < 1.29 is 22.7 Å². The third-order valence-corrected chi connectivity index (χ3v) is 3.42. The third-order valence-electron chi connectivity index (χ3n) is 3.42. The molecule has 0 aliphatic rings. The maximum atomic E-state index is 12.3. The minimum Gasteiger partial charge on any atom is -0.406 e. The van der Waals surface area contributed by atoms with Gasteiger partial charge in [-0.3, -0.25) is 4.79 Å². The Balaban J connectivity index is 2.37. The van der Waals surface area contributed by atoms with Gasteiger partial charge in [-0.1, -0.05) is 31.7 Å². The number of halogens is 3. The van der Waals surface area contributed by atoms with Crippen molar-refractivity contribution >= 4 is 12.0 Å². The molecule has 0 radical (unpaired) electrons. The Kier molecular flexibility index (Phi) is 5.46. The highest BCUT2D eigenvalue weighted by Crippen LogP contribution is 2.27. The number of hydrogen-bond acceptors (Lipinski definition) is 3. The summed E-state index contributed by atoms with van der Waals surface area (Å²) in [4.78, 5) is 16.1. The van der Waals surface area contributed by atoms with Gasteiger partial charge < -0.3 is 9.30 Å². The number of carbonyl (C=O) groups is 1. The van der Waals surface area contributed by atoms with E-state index < -0.39 is 6.36 Å². The van der Waals surface area contributed by atoms with Crippen molar-refractivity contribution in [2.24, 2.45) is 0 Å². The molecule has 0 fully saturated rings. The normalized spacial score (nSPS) is 12.1. The van der Waals surface area contributed by atoms with Gasteiger partial charge in [-0.25, -0.2) is 4.98 Å². The predicted octanol–water partition coefficient (Wildman–Crippen LogP) is 4.76. The summed E-state index contributed by atoms with van der Waals surface area (Å²) in [7, 11) is 0. The Morgan fingerprint density at radius 1 is 1.40 bits per heavy atom. The largest absolute Gasteiger partial charge is 0.573 e. The summed E-state index contributed by atoms with van der Waals surface area (Å²) in [6, 6.07) is 5.56. The molecular weight excluding hydrogens is 333 g/mol. The van der Waals surface area contributed by atoms with Gasteiger partial charge in [0.05, 0.1) is 5.69 Å². The Bertz CT molecular complexity index is 820. The van der Waals surface area contributed by atoms with Gasteiger partial charge in [0.25, 0.3) is 0 Å². The van der Waals surface area contributed by atoms with E-state index in [1.54, 1.807) is 36.9 Å². The van der Waals surface area contributed by atoms with Crippen molar-refractivity contribution in [3.8, 4) is 17.0 Å². The molecule has 7 heteroatoms. The van der Waals surface area contributed by atoms with Crippen LogP contribution >= 0.6 is 0 Å². The Labute approximate surface area is 143 Å². The monoisotopic (exact) mass is 350 g/mol. The number of imidazole rings is 1. The van der Waals surface area contributed by atoms with E-state index in [2.05, 4.69) is 16.3 Å². The molecule has 0 unspecified atom stereocenters. The average Bonchev–Trinajstić information content (AvgIpc) is 2.91. The number of ketones is 1. The lowest BCUT2D eigenvalue weighted by Crippen LogP contribution is -2.17. The number of ether oxygens (including phenoxy) is 1. The number of aryl methyl sites for hydroxylation is 1. The van der Waals surface area contributed by atoms with Gasteiger partial charge in [-0.15, -0.1) is 13.2 Å². The van der Waals surface area contributed by atoms with Crippen LogP contribution in [0, 0.1) is 6.92 Å². The summed E-state index contributed by atoms with van der Waals surface area (Å²) in [5, 5.41) is 0. The molecule has 0 bridgehead atoms. The first-order valence-electron chi connectivity index (χ1n) is 7.52. The highest BCUT2D eigenvalue weighted by atomic mass is 19.4. The highest BCUT2D eigenvalue weighted by molar-refractivity contribution is 6.00. The molecule has 25 heavy (non-hydrogen) atoms. The molecule has 4 nitrogen and oxygen atoms in total. The molecule has 132 valence electrons. The lowest BCUT2D eigenvalue weighted by molar-refractivity contribution is -0.274. The van der Waals surface area contributed by atoms with Gasteiger partial charge in [-0.2, -0.15) is 0 Å². The van der Waals surface area contributed by atoms with Crippen molar-refractivity contribution in [2.45, 2.75) is 26.6 Å². The van der Waals surface area contributed by atoms with Crippen LogP contribution in [0.15, 0.2) is 48.7 Å². The lowest BCUT2D eigenvalue weighted by atomic mass is 10.1. The highest BCUT2D eigenvalue weighted by Gasteiger charge is 2.31. The van der Waals surface area contributed by atoms with Crippen LogP contribution in [0.2, 0.25) is 0 Å². The van der Waals surface area contributed by atoms with Crippen molar-refractivity contribution in [3.63, 3.8) is 0 Å². The molecule has 0 saturated heterocycles. The quantitative estimate of drug-likeness (QED) is 0.557. The Morgan fingerprint density at radius 3 is 2.72 bits per heavy atom. The second-order valence-electron chi connectivity index (χ2n) is 5.22. The number of nitrogens with zero attached hydrogens (tertiary/aromatic N) is 2. The number of aromatic nitrogens is 2. The molecule has 0 spiro atoms. The van der Waals surface area contributed by atoms with E-state index in [0.717, 1.165) is 0 Å². The summed E-state index contributed by atoms with van der Waals surface area (Å²) >= 11 is 0. The van der Waals surface area contributed by atoms with Gasteiger partial charge in [-0.05, 0) is 19.1 Å². The molecule has 0 N–H and O–H groups in total. The van der Waals surface area contributed by atoms with Crippen molar-refractivity contribution in [1.29, 1.82) is 0 Å². The van der Waals surface area contributed by atoms with Crippen LogP contribution in [0.4, 0.5) is 13.2 Å². The van der Waals surface area contributed by atoms with Crippen molar-refractivity contribution in [3.05, 3.63) is 54.5 Å². The molecule has 0 saturated carbocycles. The first-order chi connectivity index (χ1) is 11.7. The fourth-order valence-corrected chi connectivity index (χ4v) is 2.20. The van der Waals surface area contributed by atoms with Gasteiger partial charge in [0.15, 0.2) is 5.78 Å². The van der Waals surface area contributed by atoms with Crippen LogP contribution in [-0.2, 0) is 4.79 Å². The molecule has 0 aliphatic heterocycles. The molecular formula is C18H17F3N2O2.